The fraction of sp³-hybridized carbons (Fsp3) is 0.375. The molecule has 0 amide bonds. The number of hydrogen-bond acceptors (Lipinski definition) is 7. The van der Waals surface area contributed by atoms with Gasteiger partial charge in [0.1, 0.15) is 23.9 Å². The van der Waals surface area contributed by atoms with Crippen LogP contribution in [0.5, 0.6) is 11.5 Å². The van der Waals surface area contributed by atoms with Crippen LogP contribution in [0.25, 0.3) is 0 Å². The van der Waals surface area contributed by atoms with E-state index in [9.17, 15) is 13.6 Å². The normalized spacial score (nSPS) is 10.5. The highest BCUT2D eigenvalue weighted by Gasteiger charge is 2.23. The minimum Gasteiger partial charge on any atom is -0.490 e. The van der Waals surface area contributed by atoms with Crippen LogP contribution < -0.4 is 14.8 Å². The zero-order valence-corrected chi connectivity index (χ0v) is 19.2. The summed E-state index contributed by atoms with van der Waals surface area (Å²) in [4.78, 5) is 14.5. The second-order valence-corrected chi connectivity index (χ2v) is 6.92. The number of ether oxygens (including phenoxy) is 2. The second kappa shape index (κ2) is 13.9. The third-order valence-corrected chi connectivity index (χ3v) is 4.06. The van der Waals surface area contributed by atoms with Crippen molar-refractivity contribution >= 4 is 23.0 Å². The number of aromatic nitrogens is 1. The lowest BCUT2D eigenvalue weighted by molar-refractivity contribution is -0.158. The first kappa shape index (κ1) is 27.7. The van der Waals surface area contributed by atoms with Gasteiger partial charge in [-0.1, -0.05) is 20.4 Å². The van der Waals surface area contributed by atoms with Gasteiger partial charge in [0.2, 0.25) is 0 Å². The van der Waals surface area contributed by atoms with Crippen LogP contribution in [0, 0.1) is 5.41 Å². The Kier molecular flexibility index (Phi) is 11.7. The SMILES string of the molecule is C=CC(=O)CCC.CCC(=N)c1c(OCCO)ccnc1Nc1ccc(OC(C)(F)F)cc1. The van der Waals surface area contributed by atoms with Crippen molar-refractivity contribution in [2.75, 3.05) is 18.5 Å². The third-order valence-electron chi connectivity index (χ3n) is 4.06. The van der Waals surface area contributed by atoms with Crippen molar-refractivity contribution in [1.82, 2.24) is 4.98 Å². The zero-order chi connectivity index (χ0) is 24.9. The molecule has 0 saturated carbocycles. The number of rotatable bonds is 12. The van der Waals surface area contributed by atoms with Gasteiger partial charge in [-0.05, 0) is 49.2 Å². The highest BCUT2D eigenvalue weighted by atomic mass is 19.3. The molecule has 0 aliphatic rings. The molecule has 0 aliphatic carbocycles. The number of nitrogens with zero attached hydrogens (tertiary/aromatic N) is 1. The van der Waals surface area contributed by atoms with E-state index in [-0.39, 0.29) is 24.7 Å². The fourth-order valence-electron chi connectivity index (χ4n) is 2.58. The van der Waals surface area contributed by atoms with Gasteiger partial charge in [0.05, 0.1) is 12.2 Å². The molecule has 0 spiro atoms. The molecule has 3 N–H and O–H groups in total. The quantitative estimate of drug-likeness (QED) is 0.283. The first-order chi connectivity index (χ1) is 15.6. The Morgan fingerprint density at radius 2 is 1.94 bits per heavy atom. The van der Waals surface area contributed by atoms with Crippen LogP contribution in [0.4, 0.5) is 20.3 Å². The fourth-order valence-corrected chi connectivity index (χ4v) is 2.58. The molecule has 7 nitrogen and oxygen atoms in total. The van der Waals surface area contributed by atoms with Crippen molar-refractivity contribution < 1.29 is 28.2 Å². The van der Waals surface area contributed by atoms with Gasteiger partial charge in [-0.25, -0.2) is 4.98 Å². The Morgan fingerprint density at radius 3 is 2.42 bits per heavy atom. The van der Waals surface area contributed by atoms with Crippen molar-refractivity contribution in [2.45, 2.75) is 46.1 Å². The summed E-state index contributed by atoms with van der Waals surface area (Å²) < 4.78 is 35.7. The number of allylic oxidation sites excluding steroid dienone is 1. The molecule has 0 fully saturated rings. The van der Waals surface area contributed by atoms with Gasteiger partial charge in [-0.3, -0.25) is 4.79 Å². The van der Waals surface area contributed by atoms with Crippen LogP contribution in [-0.2, 0) is 4.79 Å². The molecule has 9 heteroatoms. The topological polar surface area (TPSA) is 105 Å². The van der Waals surface area contributed by atoms with Crippen molar-refractivity contribution in [2.24, 2.45) is 0 Å². The number of aliphatic hydroxyl groups is 1. The molecule has 0 bridgehead atoms. The van der Waals surface area contributed by atoms with Gasteiger partial charge in [0.25, 0.3) is 0 Å². The Bertz CT molecular complexity index is 913. The molecule has 0 atom stereocenters. The first-order valence-electron chi connectivity index (χ1n) is 10.5. The van der Waals surface area contributed by atoms with Crippen LogP contribution >= 0.6 is 0 Å². The number of pyridine rings is 1. The van der Waals surface area contributed by atoms with Crippen LogP contribution in [0.15, 0.2) is 49.2 Å². The lowest BCUT2D eigenvalue weighted by Crippen LogP contribution is -2.18. The van der Waals surface area contributed by atoms with Crippen molar-refractivity contribution in [3.63, 3.8) is 0 Å². The summed E-state index contributed by atoms with van der Waals surface area (Å²) in [7, 11) is 0. The Balaban J connectivity index is 0.000000675. The lowest BCUT2D eigenvalue weighted by atomic mass is 10.1. The molecule has 2 rings (SSSR count). The molecule has 0 unspecified atom stereocenters. The van der Waals surface area contributed by atoms with Crippen LogP contribution in [0.1, 0.15) is 45.6 Å². The molecule has 0 radical (unpaired) electrons. The minimum atomic E-state index is -3.25. The standard InChI is InChI=1S/C18H21F2N3O3.C6H10O/c1-3-14(21)16-15(25-11-10-24)8-9-22-17(16)23-12-4-6-13(7-5-12)26-18(2,19)20;1-3-5-6(7)4-2/h4-9,21,24H,3,10-11H2,1-2H3,(H,22,23);4H,2-3,5H2,1H3. The average Bonchev–Trinajstić information content (AvgIpc) is 2.78. The van der Waals surface area contributed by atoms with Gasteiger partial charge in [0.15, 0.2) is 5.78 Å². The van der Waals surface area contributed by atoms with Gasteiger partial charge in [-0.15, -0.1) is 0 Å². The minimum absolute atomic E-state index is 0.0394. The predicted octanol–water partition coefficient (Wildman–Crippen LogP) is 5.51. The number of aliphatic hydroxyl groups excluding tert-OH is 1. The summed E-state index contributed by atoms with van der Waals surface area (Å²) in [6.45, 7) is 7.77. The van der Waals surface area contributed by atoms with E-state index in [2.05, 4.69) is 21.6 Å². The summed E-state index contributed by atoms with van der Waals surface area (Å²) >= 11 is 0. The van der Waals surface area contributed by atoms with Crippen molar-refractivity contribution in [3.8, 4) is 11.5 Å². The van der Waals surface area contributed by atoms with Crippen LogP contribution in [0.2, 0.25) is 0 Å². The summed E-state index contributed by atoms with van der Waals surface area (Å²) in [6.07, 6.45) is 1.67. The smallest absolute Gasteiger partial charge is 0.394 e. The van der Waals surface area contributed by atoms with Crippen LogP contribution in [-0.4, -0.2) is 40.9 Å². The molecule has 33 heavy (non-hydrogen) atoms. The first-order valence-corrected chi connectivity index (χ1v) is 10.5. The van der Waals surface area contributed by atoms with E-state index in [0.29, 0.717) is 48.3 Å². The number of benzene rings is 1. The van der Waals surface area contributed by atoms with E-state index >= 15 is 0 Å². The summed E-state index contributed by atoms with van der Waals surface area (Å²) in [6, 6.07) is 7.60. The highest BCUT2D eigenvalue weighted by molar-refractivity contribution is 6.05. The summed E-state index contributed by atoms with van der Waals surface area (Å²) in [5.74, 6) is 1.02. The van der Waals surface area contributed by atoms with E-state index in [0.717, 1.165) is 6.42 Å². The van der Waals surface area contributed by atoms with E-state index in [1.54, 1.807) is 18.2 Å². The summed E-state index contributed by atoms with van der Waals surface area (Å²) in [5, 5.41) is 20.2. The predicted molar refractivity (Wildman–Crippen MR) is 125 cm³/mol. The monoisotopic (exact) mass is 463 g/mol. The van der Waals surface area contributed by atoms with Gasteiger partial charge in [-0.2, -0.15) is 8.78 Å². The van der Waals surface area contributed by atoms with E-state index < -0.39 is 6.11 Å². The molecule has 180 valence electrons. The molecule has 1 aromatic carbocycles. The number of hydrogen-bond donors (Lipinski definition) is 3. The number of alkyl halides is 2. The average molecular weight is 464 g/mol. The van der Waals surface area contributed by atoms with Gasteiger partial charge in [0, 0.05) is 30.9 Å². The number of carbonyl (C=O) groups excluding carboxylic acids is 1. The molecular formula is C24H31F2N3O4. The number of nitrogens with one attached hydrogen (secondary N) is 2. The Hall–Kier alpha value is -3.33. The molecule has 2 aromatic rings. The van der Waals surface area contributed by atoms with E-state index in [4.69, 9.17) is 15.3 Å². The molecule has 0 saturated heterocycles. The van der Waals surface area contributed by atoms with Gasteiger partial charge < -0.3 is 25.3 Å². The second-order valence-electron chi connectivity index (χ2n) is 6.92. The summed E-state index contributed by atoms with van der Waals surface area (Å²) in [5.41, 5.74) is 1.40. The highest BCUT2D eigenvalue weighted by Crippen LogP contribution is 2.29. The molecule has 1 heterocycles. The molecule has 0 aliphatic heterocycles. The zero-order valence-electron chi connectivity index (χ0n) is 19.2. The molecular weight excluding hydrogens is 432 g/mol. The van der Waals surface area contributed by atoms with E-state index in [1.165, 1.54) is 24.4 Å². The van der Waals surface area contributed by atoms with Crippen LogP contribution in [0.3, 0.4) is 0 Å². The number of carbonyl (C=O) groups is 1. The van der Waals surface area contributed by atoms with E-state index in [1.807, 2.05) is 13.8 Å². The Morgan fingerprint density at radius 1 is 1.27 bits per heavy atom. The Labute approximate surface area is 193 Å². The largest absolute Gasteiger partial charge is 0.490 e. The lowest BCUT2D eigenvalue weighted by Gasteiger charge is -2.16. The number of ketones is 1. The van der Waals surface area contributed by atoms with Gasteiger partial charge >= 0.3 is 6.11 Å². The maximum Gasteiger partial charge on any atom is 0.394 e. The van der Waals surface area contributed by atoms with Crippen molar-refractivity contribution in [3.05, 3.63) is 54.7 Å². The number of halogens is 2. The maximum atomic E-state index is 12.9. The third kappa shape index (κ3) is 10.2. The number of anilines is 2. The molecule has 1 aromatic heterocycles. The maximum absolute atomic E-state index is 12.9. The van der Waals surface area contributed by atoms with Crippen molar-refractivity contribution in [1.29, 1.82) is 5.41 Å².